The van der Waals surface area contributed by atoms with Crippen molar-refractivity contribution in [3.05, 3.63) is 71.0 Å². The van der Waals surface area contributed by atoms with Crippen LogP contribution in [0.5, 0.6) is 0 Å². The summed E-state index contributed by atoms with van der Waals surface area (Å²) in [4.78, 5) is 17.3. The van der Waals surface area contributed by atoms with Crippen molar-refractivity contribution < 1.29 is 0 Å². The van der Waals surface area contributed by atoms with Crippen molar-refractivity contribution in [2.45, 2.75) is 39.0 Å². The van der Waals surface area contributed by atoms with Crippen LogP contribution in [-0.4, -0.2) is 27.8 Å². The van der Waals surface area contributed by atoms with Crippen molar-refractivity contribution in [2.24, 2.45) is 34.4 Å². The van der Waals surface area contributed by atoms with Gasteiger partial charge in [0, 0.05) is 24.6 Å². The van der Waals surface area contributed by atoms with Crippen LogP contribution < -0.4 is 5.73 Å². The number of aliphatic imine (C=N–C) groups is 1. The molecule has 0 saturated heterocycles. The Kier molecular flexibility index (Phi) is 6.04. The molecule has 5 nitrogen and oxygen atoms in total. The summed E-state index contributed by atoms with van der Waals surface area (Å²) in [5.41, 5.74) is 12.5. The van der Waals surface area contributed by atoms with Gasteiger partial charge >= 0.3 is 0 Å². The number of amidine groups is 1. The van der Waals surface area contributed by atoms with E-state index >= 15 is 0 Å². The maximum absolute atomic E-state index is 6.69. The molecule has 2 fully saturated rings. The molecule has 2 aliphatic rings. The number of hydrogen-bond acceptors (Lipinski definition) is 3. The SMILES string of the molecule is CN=C(N)c1ccc(-c2ccc(-c3nc4nc(CC5CC[C@@H]6C(C)CC[C@H]56)[nH]c4cc3Cl)cc2)cc1. The van der Waals surface area contributed by atoms with Gasteiger partial charge < -0.3 is 10.7 Å². The van der Waals surface area contributed by atoms with Gasteiger partial charge in [-0.15, -0.1) is 0 Å². The lowest BCUT2D eigenvalue weighted by Crippen LogP contribution is -2.14. The van der Waals surface area contributed by atoms with E-state index in [0.717, 1.165) is 75.0 Å². The number of benzene rings is 2. The second kappa shape index (κ2) is 9.36. The van der Waals surface area contributed by atoms with Gasteiger partial charge in [0.25, 0.3) is 0 Å². The van der Waals surface area contributed by atoms with Gasteiger partial charge in [0.05, 0.1) is 16.2 Å². The Labute approximate surface area is 217 Å². The number of nitrogens with zero attached hydrogens (tertiary/aromatic N) is 3. The molecular weight excluding hydrogens is 466 g/mol. The number of H-pyrrole nitrogens is 1. The largest absolute Gasteiger partial charge is 0.384 e. The predicted molar refractivity (Wildman–Crippen MR) is 148 cm³/mol. The number of fused-ring (bicyclic) bond motifs is 2. The van der Waals surface area contributed by atoms with E-state index in [1.54, 1.807) is 7.05 Å². The summed E-state index contributed by atoms with van der Waals surface area (Å²) in [7, 11) is 1.70. The fourth-order valence-corrected chi connectivity index (χ4v) is 6.82. The first-order valence-electron chi connectivity index (χ1n) is 13.0. The van der Waals surface area contributed by atoms with Crippen molar-refractivity contribution in [1.82, 2.24) is 15.0 Å². The first-order valence-corrected chi connectivity index (χ1v) is 13.4. The van der Waals surface area contributed by atoms with Gasteiger partial charge in [-0.3, -0.25) is 4.99 Å². The fraction of sp³-hybridized carbons (Fsp3) is 0.367. The van der Waals surface area contributed by atoms with E-state index in [1.165, 1.54) is 25.7 Å². The smallest absolute Gasteiger partial charge is 0.178 e. The van der Waals surface area contributed by atoms with Crippen molar-refractivity contribution in [2.75, 3.05) is 7.05 Å². The molecule has 0 aliphatic heterocycles. The standard InChI is InChI=1S/C30H32ClN5/c1-17-3-13-24-22(12-14-23(17)24)15-27-34-26-16-25(31)28(36-30(26)35-27)20-8-4-18(5-9-20)19-6-10-21(11-7-19)29(32)33-2/h4-11,16-17,22-24H,3,12-15H2,1-2H3,(H2,32,33)(H,34,35,36)/t17?,22?,23-,24-/m1/s1. The van der Waals surface area contributed by atoms with Crippen LogP contribution in [0.4, 0.5) is 0 Å². The lowest BCUT2D eigenvalue weighted by Gasteiger charge is -2.18. The average molecular weight is 498 g/mol. The summed E-state index contributed by atoms with van der Waals surface area (Å²) in [6, 6.07) is 18.4. The Bertz CT molecular complexity index is 1420. The number of nitrogens with one attached hydrogen (secondary N) is 1. The van der Waals surface area contributed by atoms with E-state index in [2.05, 4.69) is 53.3 Å². The number of nitrogens with two attached hydrogens (primary N) is 1. The number of halogens is 1. The molecule has 0 spiro atoms. The third-order valence-corrected chi connectivity index (χ3v) is 8.85. The minimum Gasteiger partial charge on any atom is -0.384 e. The summed E-state index contributed by atoms with van der Waals surface area (Å²) >= 11 is 6.69. The Morgan fingerprint density at radius 1 is 0.944 bits per heavy atom. The van der Waals surface area contributed by atoms with Crippen LogP contribution >= 0.6 is 11.6 Å². The number of hydrogen-bond donors (Lipinski definition) is 2. The van der Waals surface area contributed by atoms with Crippen LogP contribution in [0.1, 0.15) is 44.0 Å². The first kappa shape index (κ1) is 23.2. The molecule has 2 unspecified atom stereocenters. The van der Waals surface area contributed by atoms with Gasteiger partial charge in [-0.05, 0) is 60.1 Å². The van der Waals surface area contributed by atoms with Crippen LogP contribution in [0.2, 0.25) is 5.02 Å². The fourth-order valence-electron chi connectivity index (χ4n) is 6.56. The maximum Gasteiger partial charge on any atom is 0.178 e. The summed E-state index contributed by atoms with van der Waals surface area (Å²) in [6.45, 7) is 2.43. The van der Waals surface area contributed by atoms with Gasteiger partial charge in [0.15, 0.2) is 5.65 Å². The Balaban J connectivity index is 1.22. The van der Waals surface area contributed by atoms with Crippen molar-refractivity contribution >= 4 is 28.6 Å². The summed E-state index contributed by atoms with van der Waals surface area (Å²) in [5, 5.41) is 0.634. The predicted octanol–water partition coefficient (Wildman–Crippen LogP) is 6.90. The number of rotatable bonds is 5. The molecule has 0 radical (unpaired) electrons. The monoisotopic (exact) mass is 497 g/mol. The van der Waals surface area contributed by atoms with Crippen LogP contribution in [-0.2, 0) is 6.42 Å². The highest BCUT2D eigenvalue weighted by atomic mass is 35.5. The van der Waals surface area contributed by atoms with Crippen LogP contribution in [0, 0.1) is 23.7 Å². The summed E-state index contributed by atoms with van der Waals surface area (Å²) < 4.78 is 0. The Morgan fingerprint density at radius 3 is 2.33 bits per heavy atom. The average Bonchev–Trinajstić information content (AvgIpc) is 3.60. The van der Waals surface area contributed by atoms with E-state index in [0.29, 0.717) is 10.9 Å². The molecule has 2 aromatic carbocycles. The molecule has 0 bridgehead atoms. The quantitative estimate of drug-likeness (QED) is 0.232. The zero-order chi connectivity index (χ0) is 24.8. The van der Waals surface area contributed by atoms with Gasteiger partial charge in [0.1, 0.15) is 11.7 Å². The topological polar surface area (TPSA) is 79.9 Å². The second-order valence-corrected chi connectivity index (χ2v) is 11.0. The molecule has 2 aromatic heterocycles. The Morgan fingerprint density at radius 2 is 1.61 bits per heavy atom. The molecule has 3 N–H and O–H groups in total. The lowest BCUT2D eigenvalue weighted by atomic mass is 9.88. The number of aromatic nitrogens is 3. The van der Waals surface area contributed by atoms with E-state index in [1.807, 2.05) is 18.2 Å². The third kappa shape index (κ3) is 4.20. The third-order valence-electron chi connectivity index (χ3n) is 8.56. The van der Waals surface area contributed by atoms with Crippen molar-refractivity contribution in [1.29, 1.82) is 0 Å². The van der Waals surface area contributed by atoms with Gasteiger partial charge in [0.2, 0.25) is 0 Å². The van der Waals surface area contributed by atoms with E-state index < -0.39 is 0 Å². The molecule has 6 heteroatoms. The minimum atomic E-state index is 0.537. The highest BCUT2D eigenvalue weighted by molar-refractivity contribution is 6.33. The minimum absolute atomic E-state index is 0.537. The molecular formula is C30H32ClN5. The van der Waals surface area contributed by atoms with Crippen molar-refractivity contribution in [3.63, 3.8) is 0 Å². The zero-order valence-corrected chi connectivity index (χ0v) is 21.6. The Hall–Kier alpha value is -3.18. The second-order valence-electron chi connectivity index (χ2n) is 10.6. The van der Waals surface area contributed by atoms with E-state index in [9.17, 15) is 0 Å². The lowest BCUT2D eigenvalue weighted by molar-refractivity contribution is 0.321. The maximum atomic E-state index is 6.69. The molecule has 6 rings (SSSR count). The van der Waals surface area contributed by atoms with Gasteiger partial charge in [-0.2, -0.15) is 0 Å². The molecule has 184 valence electrons. The molecule has 4 aromatic rings. The summed E-state index contributed by atoms with van der Waals surface area (Å²) in [5.74, 6) is 5.00. The highest BCUT2D eigenvalue weighted by Gasteiger charge is 2.42. The molecule has 2 heterocycles. The van der Waals surface area contributed by atoms with Gasteiger partial charge in [-0.1, -0.05) is 73.5 Å². The van der Waals surface area contributed by atoms with Crippen LogP contribution in [0.15, 0.2) is 59.6 Å². The first-order chi connectivity index (χ1) is 17.5. The van der Waals surface area contributed by atoms with Crippen LogP contribution in [0.3, 0.4) is 0 Å². The van der Waals surface area contributed by atoms with E-state index in [-0.39, 0.29) is 0 Å². The highest BCUT2D eigenvalue weighted by Crippen LogP contribution is 2.51. The number of aromatic amines is 1. The molecule has 2 aliphatic carbocycles. The van der Waals surface area contributed by atoms with Gasteiger partial charge in [-0.25, -0.2) is 9.97 Å². The molecule has 0 amide bonds. The zero-order valence-electron chi connectivity index (χ0n) is 20.8. The molecule has 4 atom stereocenters. The summed E-state index contributed by atoms with van der Waals surface area (Å²) in [6.07, 6.45) is 6.49. The van der Waals surface area contributed by atoms with Crippen LogP contribution in [0.25, 0.3) is 33.5 Å². The van der Waals surface area contributed by atoms with E-state index in [4.69, 9.17) is 27.3 Å². The normalized spacial score (nSPS) is 23.9. The molecule has 36 heavy (non-hydrogen) atoms. The number of imidazole rings is 1. The van der Waals surface area contributed by atoms with Crippen molar-refractivity contribution in [3.8, 4) is 22.4 Å². The number of pyridine rings is 1. The molecule has 2 saturated carbocycles.